The normalized spacial score (nSPS) is 9.84. The molecule has 0 amide bonds. The number of para-hydroxylation sites is 1. The van der Waals surface area contributed by atoms with Gasteiger partial charge in [0.1, 0.15) is 0 Å². The summed E-state index contributed by atoms with van der Waals surface area (Å²) in [7, 11) is 1.48. The molecular formula is C21H21N5NiO3S. The summed E-state index contributed by atoms with van der Waals surface area (Å²) < 4.78 is 4.93. The maximum atomic E-state index is 9.65. The molecule has 0 spiro atoms. The number of ether oxygens (including phenoxy) is 1. The molecule has 6 N–H and O–H groups in total. The topological polar surface area (TPSA) is 137 Å². The summed E-state index contributed by atoms with van der Waals surface area (Å²) in [5, 5.41) is 15.7. The van der Waals surface area contributed by atoms with Crippen molar-refractivity contribution < 1.29 is 31.8 Å². The quantitative estimate of drug-likeness (QED) is 0.134. The third-order valence-corrected chi connectivity index (χ3v) is 4.06. The second-order valence-electron chi connectivity index (χ2n) is 5.85. The number of thiocarbonyl (C=S) groups is 1. The second-order valence-corrected chi connectivity index (χ2v) is 6.29. The molecule has 2 aromatic carbocycles. The molecule has 0 bridgehead atoms. The summed E-state index contributed by atoms with van der Waals surface area (Å²) >= 11 is 4.56. The first-order valence-electron chi connectivity index (χ1n) is 8.63. The third kappa shape index (κ3) is 6.58. The summed E-state index contributed by atoms with van der Waals surface area (Å²) in [6, 6.07) is 17.2. The molecule has 0 aliphatic heterocycles. The van der Waals surface area contributed by atoms with E-state index in [1.807, 2.05) is 12.1 Å². The maximum Gasteiger partial charge on any atom is 0.184 e. The minimum Gasteiger partial charge on any atom is -0.504 e. The van der Waals surface area contributed by atoms with Crippen molar-refractivity contribution in [1.82, 2.24) is 15.4 Å². The number of phenols is 1. The number of fused-ring (bicyclic) bond motifs is 3. The number of benzene rings is 2. The minimum atomic E-state index is 0. The van der Waals surface area contributed by atoms with Crippen molar-refractivity contribution in [2.24, 2.45) is 10.8 Å². The Bertz CT molecular complexity index is 1140. The Balaban J connectivity index is 0.000000291. The first kappa shape index (κ1) is 25.7. The van der Waals surface area contributed by atoms with Gasteiger partial charge in [-0.1, -0.05) is 30.3 Å². The van der Waals surface area contributed by atoms with Gasteiger partial charge in [0.05, 0.1) is 24.4 Å². The van der Waals surface area contributed by atoms with Gasteiger partial charge >= 0.3 is 0 Å². The number of aromatic nitrogens is 2. The molecule has 4 aromatic rings. The Morgan fingerprint density at radius 3 is 2.13 bits per heavy atom. The van der Waals surface area contributed by atoms with Crippen LogP contribution in [0.5, 0.6) is 11.5 Å². The monoisotopic (exact) mass is 481 g/mol. The van der Waals surface area contributed by atoms with E-state index in [1.165, 1.54) is 13.3 Å². The van der Waals surface area contributed by atoms with E-state index >= 15 is 0 Å². The summed E-state index contributed by atoms with van der Waals surface area (Å²) in [4.78, 5) is 8.69. The van der Waals surface area contributed by atoms with E-state index in [0.717, 1.165) is 21.8 Å². The standard InChI is InChI=1S/C12H8N2.C9H11N3O2S.Ni.H2O/c1-3-9-5-6-10-4-2-8-14-12(10)11(9)13-7-1;1-14-7-4-2-3-6(8(7)13)5-11-12-9(10)15;;/h1-8H;2-5,13H,1H3,(H3,10,12,15);;1H2/b;11-5+;;. The van der Waals surface area contributed by atoms with Crippen LogP contribution >= 0.6 is 12.2 Å². The molecular weight excluding hydrogens is 461 g/mol. The molecule has 0 unspecified atom stereocenters. The van der Waals surface area contributed by atoms with Gasteiger partial charge < -0.3 is 21.1 Å². The van der Waals surface area contributed by atoms with Gasteiger partial charge in [-0.2, -0.15) is 5.10 Å². The Morgan fingerprint density at radius 2 is 1.61 bits per heavy atom. The molecule has 8 nitrogen and oxygen atoms in total. The molecule has 0 aliphatic carbocycles. The van der Waals surface area contributed by atoms with Crippen LogP contribution in [-0.2, 0) is 16.5 Å². The van der Waals surface area contributed by atoms with Crippen LogP contribution < -0.4 is 15.9 Å². The molecule has 2 aromatic heterocycles. The van der Waals surface area contributed by atoms with Gasteiger partial charge in [-0.05, 0) is 36.5 Å². The predicted octanol–water partition coefficient (Wildman–Crippen LogP) is 2.52. The fraction of sp³-hybridized carbons (Fsp3) is 0.0476. The number of hydrogen-bond donors (Lipinski definition) is 3. The predicted molar refractivity (Wildman–Crippen MR) is 123 cm³/mol. The number of pyridine rings is 2. The second kappa shape index (κ2) is 12.4. The Morgan fingerprint density at radius 1 is 1.03 bits per heavy atom. The summed E-state index contributed by atoms with van der Waals surface area (Å²) in [6.07, 6.45) is 5.00. The molecule has 0 saturated carbocycles. The number of nitrogens with two attached hydrogens (primary N) is 1. The number of aromatic hydroxyl groups is 1. The van der Waals surface area contributed by atoms with Crippen LogP contribution in [0, 0.1) is 0 Å². The van der Waals surface area contributed by atoms with Crippen molar-refractivity contribution in [2.75, 3.05) is 7.11 Å². The first-order chi connectivity index (χ1) is 14.1. The van der Waals surface area contributed by atoms with E-state index in [1.54, 1.807) is 30.6 Å². The number of hydrogen-bond acceptors (Lipinski definition) is 6. The molecule has 0 fully saturated rings. The third-order valence-electron chi connectivity index (χ3n) is 3.97. The maximum absolute atomic E-state index is 9.65. The smallest absolute Gasteiger partial charge is 0.184 e. The van der Waals surface area contributed by atoms with E-state index in [2.05, 4.69) is 57.0 Å². The summed E-state index contributed by atoms with van der Waals surface area (Å²) in [5.41, 5.74) is 10.0. The largest absolute Gasteiger partial charge is 0.504 e. The van der Waals surface area contributed by atoms with Gasteiger partial charge in [0.25, 0.3) is 0 Å². The number of hydrazone groups is 1. The van der Waals surface area contributed by atoms with E-state index in [-0.39, 0.29) is 32.8 Å². The molecule has 10 heteroatoms. The van der Waals surface area contributed by atoms with E-state index in [0.29, 0.717) is 11.3 Å². The molecule has 164 valence electrons. The van der Waals surface area contributed by atoms with Crippen molar-refractivity contribution in [3.8, 4) is 11.5 Å². The molecule has 0 saturated heterocycles. The number of methoxy groups -OCH3 is 1. The zero-order valence-corrected chi connectivity index (χ0v) is 18.2. The number of phenolic OH excluding ortho intramolecular Hbond substituents is 1. The van der Waals surface area contributed by atoms with Crippen molar-refractivity contribution in [3.63, 3.8) is 0 Å². The Labute approximate surface area is 194 Å². The summed E-state index contributed by atoms with van der Waals surface area (Å²) in [5.74, 6) is 0.405. The van der Waals surface area contributed by atoms with Crippen molar-refractivity contribution in [3.05, 3.63) is 72.6 Å². The molecule has 31 heavy (non-hydrogen) atoms. The minimum absolute atomic E-state index is 0. The van der Waals surface area contributed by atoms with Crippen molar-refractivity contribution >= 4 is 45.4 Å². The molecule has 0 radical (unpaired) electrons. The van der Waals surface area contributed by atoms with Gasteiger partial charge in [0.2, 0.25) is 0 Å². The number of nitrogens with one attached hydrogen (secondary N) is 1. The van der Waals surface area contributed by atoms with Crippen LogP contribution in [0.2, 0.25) is 0 Å². The molecule has 4 rings (SSSR count). The van der Waals surface area contributed by atoms with Crippen LogP contribution in [0.1, 0.15) is 5.56 Å². The van der Waals surface area contributed by atoms with Crippen LogP contribution in [0.4, 0.5) is 0 Å². The van der Waals surface area contributed by atoms with Crippen LogP contribution in [0.25, 0.3) is 21.8 Å². The van der Waals surface area contributed by atoms with Gasteiger partial charge in [-0.3, -0.25) is 15.4 Å². The fourth-order valence-corrected chi connectivity index (χ4v) is 2.71. The first-order valence-corrected chi connectivity index (χ1v) is 9.04. The van der Waals surface area contributed by atoms with Crippen molar-refractivity contribution in [1.29, 1.82) is 0 Å². The Kier molecular flexibility index (Phi) is 10.3. The van der Waals surface area contributed by atoms with Gasteiger partial charge in [0, 0.05) is 45.2 Å². The SMILES string of the molecule is COc1cccc(/C=N/NC(N)=S)c1O.O.[Ni].c1cnc2c(c1)ccc1cccnc12. The van der Waals surface area contributed by atoms with E-state index in [4.69, 9.17) is 10.5 Å². The van der Waals surface area contributed by atoms with Crippen LogP contribution in [0.15, 0.2) is 72.1 Å². The van der Waals surface area contributed by atoms with Gasteiger partial charge in [-0.15, -0.1) is 0 Å². The van der Waals surface area contributed by atoms with E-state index < -0.39 is 0 Å². The summed E-state index contributed by atoms with van der Waals surface area (Å²) in [6.45, 7) is 0. The van der Waals surface area contributed by atoms with Gasteiger partial charge in [0.15, 0.2) is 16.6 Å². The van der Waals surface area contributed by atoms with Gasteiger partial charge in [-0.25, -0.2) is 0 Å². The van der Waals surface area contributed by atoms with Crippen molar-refractivity contribution in [2.45, 2.75) is 0 Å². The molecule has 0 aliphatic rings. The average Bonchev–Trinajstić information content (AvgIpc) is 2.75. The van der Waals surface area contributed by atoms with Crippen LogP contribution in [-0.4, -0.2) is 39.0 Å². The fourth-order valence-electron chi connectivity index (χ4n) is 2.65. The zero-order valence-electron chi connectivity index (χ0n) is 16.4. The number of nitrogens with zero attached hydrogens (tertiary/aromatic N) is 3. The number of rotatable bonds is 3. The zero-order chi connectivity index (χ0) is 20.6. The molecule has 2 heterocycles. The van der Waals surface area contributed by atoms with E-state index in [9.17, 15) is 5.11 Å². The average molecular weight is 482 g/mol. The Hall–Kier alpha value is -3.33. The van der Waals surface area contributed by atoms with Crippen LogP contribution in [0.3, 0.4) is 0 Å². The molecule has 0 atom stereocenters.